The van der Waals surface area contributed by atoms with Crippen molar-refractivity contribution in [1.29, 1.82) is 0 Å². The van der Waals surface area contributed by atoms with Crippen LogP contribution >= 0.6 is 0 Å². The molecule has 0 aliphatic rings. The number of carbonyl (C=O) groups is 3. The van der Waals surface area contributed by atoms with Gasteiger partial charge in [-0.05, 0) is 0 Å². The van der Waals surface area contributed by atoms with Gasteiger partial charge < -0.3 is 15.5 Å². The van der Waals surface area contributed by atoms with Crippen LogP contribution in [0.15, 0.2) is 0 Å². The summed E-state index contributed by atoms with van der Waals surface area (Å²) in [5.41, 5.74) is 0. The third kappa shape index (κ3) is 4.78. The smallest absolute Gasteiger partial charge is 0.242 e. The topological polar surface area (TPSA) is 78.5 Å². The lowest BCUT2D eigenvalue weighted by atomic mass is 10.4. The summed E-state index contributed by atoms with van der Waals surface area (Å²) in [7, 11) is 2.98. The van der Waals surface area contributed by atoms with E-state index >= 15 is 0 Å². The molecule has 0 saturated carbocycles. The van der Waals surface area contributed by atoms with E-state index in [-0.39, 0.29) is 24.9 Å². The summed E-state index contributed by atoms with van der Waals surface area (Å²) in [6.45, 7) is -0.0904. The van der Waals surface area contributed by atoms with Crippen LogP contribution in [0.25, 0.3) is 0 Å². The third-order valence-corrected chi connectivity index (χ3v) is 1.42. The molecule has 0 bridgehead atoms. The van der Waals surface area contributed by atoms with E-state index < -0.39 is 0 Å². The summed E-state index contributed by atoms with van der Waals surface area (Å²) < 4.78 is 0. The molecule has 6 heteroatoms. The van der Waals surface area contributed by atoms with Crippen LogP contribution in [0.4, 0.5) is 0 Å². The molecular weight excluding hydrogens is 174 g/mol. The minimum atomic E-state index is -0.310. The molecule has 0 aliphatic carbocycles. The van der Waals surface area contributed by atoms with Crippen LogP contribution < -0.4 is 10.6 Å². The Kier molecular flexibility index (Phi) is 5.25. The van der Waals surface area contributed by atoms with Gasteiger partial charge in [0.2, 0.25) is 18.2 Å². The highest BCUT2D eigenvalue weighted by atomic mass is 16.2. The van der Waals surface area contributed by atoms with Crippen molar-refractivity contribution in [1.82, 2.24) is 15.5 Å². The number of amides is 3. The lowest BCUT2D eigenvalue weighted by Crippen LogP contribution is -2.40. The van der Waals surface area contributed by atoms with Crippen LogP contribution in [0.2, 0.25) is 0 Å². The minimum Gasteiger partial charge on any atom is -0.358 e. The van der Waals surface area contributed by atoms with Gasteiger partial charge in [-0.25, -0.2) is 0 Å². The molecule has 0 aromatic rings. The summed E-state index contributed by atoms with van der Waals surface area (Å²) in [6.07, 6.45) is 0.436. The molecule has 0 aliphatic heterocycles. The maximum absolute atomic E-state index is 11.1. The zero-order valence-electron chi connectivity index (χ0n) is 7.66. The molecule has 0 spiro atoms. The summed E-state index contributed by atoms with van der Waals surface area (Å²) in [6, 6.07) is 0. The molecule has 0 rings (SSSR count). The van der Waals surface area contributed by atoms with Crippen LogP contribution in [0.1, 0.15) is 0 Å². The van der Waals surface area contributed by atoms with Crippen LogP contribution in [0.5, 0.6) is 0 Å². The second-order valence-electron chi connectivity index (χ2n) is 2.42. The number of nitrogens with one attached hydrogen (secondary N) is 2. The number of hydrogen-bond donors (Lipinski definition) is 2. The van der Waals surface area contributed by atoms with Gasteiger partial charge in [0.1, 0.15) is 0 Å². The Bertz CT molecular complexity index is 205. The molecule has 0 radical (unpaired) electrons. The molecule has 0 aromatic carbocycles. The van der Waals surface area contributed by atoms with Crippen LogP contribution in [-0.2, 0) is 14.4 Å². The Morgan fingerprint density at radius 2 is 2.08 bits per heavy atom. The zero-order valence-corrected chi connectivity index (χ0v) is 7.66. The molecule has 0 fully saturated rings. The molecule has 0 aromatic heterocycles. The van der Waals surface area contributed by atoms with Gasteiger partial charge in [-0.1, -0.05) is 0 Å². The highest BCUT2D eigenvalue weighted by Gasteiger charge is 2.10. The quantitative estimate of drug-likeness (QED) is 0.486. The van der Waals surface area contributed by atoms with E-state index in [1.165, 1.54) is 19.0 Å². The fourth-order valence-electron chi connectivity index (χ4n) is 0.647. The molecule has 74 valence electrons. The molecule has 0 saturated heterocycles. The van der Waals surface area contributed by atoms with Crippen LogP contribution in [-0.4, -0.2) is 50.3 Å². The second kappa shape index (κ2) is 5.99. The maximum Gasteiger partial charge on any atom is 0.242 e. The van der Waals surface area contributed by atoms with Gasteiger partial charge in [0.15, 0.2) is 0 Å². The van der Waals surface area contributed by atoms with Gasteiger partial charge in [-0.3, -0.25) is 14.4 Å². The van der Waals surface area contributed by atoms with E-state index in [0.717, 1.165) is 0 Å². The highest BCUT2D eigenvalue weighted by molar-refractivity contribution is 5.85. The molecule has 3 amide bonds. The average molecular weight is 187 g/mol. The SMILES string of the molecule is CNC(=O)CN(C)C(=O)CNC=O. The van der Waals surface area contributed by atoms with E-state index in [9.17, 15) is 14.4 Å². The van der Waals surface area contributed by atoms with Crippen molar-refractivity contribution in [2.75, 3.05) is 27.2 Å². The zero-order chi connectivity index (χ0) is 10.3. The normalized spacial score (nSPS) is 8.77. The van der Waals surface area contributed by atoms with Gasteiger partial charge in [-0.15, -0.1) is 0 Å². The molecule has 2 N–H and O–H groups in total. The van der Waals surface area contributed by atoms with Crippen molar-refractivity contribution >= 4 is 18.2 Å². The maximum atomic E-state index is 11.1. The van der Waals surface area contributed by atoms with Crippen LogP contribution in [0.3, 0.4) is 0 Å². The molecule has 0 unspecified atom stereocenters. The van der Waals surface area contributed by atoms with Gasteiger partial charge >= 0.3 is 0 Å². The summed E-state index contributed by atoms with van der Waals surface area (Å²) in [4.78, 5) is 33.0. The first kappa shape index (κ1) is 11.4. The molecular formula is C7H13N3O3. The van der Waals surface area contributed by atoms with Crippen molar-refractivity contribution in [2.24, 2.45) is 0 Å². The van der Waals surface area contributed by atoms with Crippen molar-refractivity contribution in [3.05, 3.63) is 0 Å². The Balaban J connectivity index is 3.81. The molecule has 6 nitrogen and oxygen atoms in total. The second-order valence-corrected chi connectivity index (χ2v) is 2.42. The largest absolute Gasteiger partial charge is 0.358 e. The van der Waals surface area contributed by atoms with Crippen LogP contribution in [0, 0.1) is 0 Å². The first-order valence-corrected chi connectivity index (χ1v) is 3.73. The number of hydrogen-bond acceptors (Lipinski definition) is 3. The number of rotatable bonds is 5. The lowest BCUT2D eigenvalue weighted by molar-refractivity contribution is -0.134. The summed E-state index contributed by atoms with van der Waals surface area (Å²) in [5.74, 6) is -0.558. The van der Waals surface area contributed by atoms with Gasteiger partial charge in [0.05, 0.1) is 13.1 Å². The number of likely N-dealkylation sites (N-methyl/N-ethyl adjacent to an activating group) is 2. The highest BCUT2D eigenvalue weighted by Crippen LogP contribution is 1.82. The Morgan fingerprint density at radius 1 is 1.46 bits per heavy atom. The Morgan fingerprint density at radius 3 is 2.54 bits per heavy atom. The van der Waals surface area contributed by atoms with Gasteiger partial charge in [-0.2, -0.15) is 0 Å². The average Bonchev–Trinajstić information content (AvgIpc) is 2.13. The molecule has 0 heterocycles. The summed E-state index contributed by atoms with van der Waals surface area (Å²) >= 11 is 0. The van der Waals surface area contributed by atoms with Gasteiger partial charge in [0.25, 0.3) is 0 Å². The summed E-state index contributed by atoms with van der Waals surface area (Å²) in [5, 5.41) is 4.60. The fraction of sp³-hybridized carbons (Fsp3) is 0.571. The Hall–Kier alpha value is -1.59. The predicted molar refractivity (Wildman–Crippen MR) is 45.8 cm³/mol. The monoisotopic (exact) mass is 187 g/mol. The van der Waals surface area contributed by atoms with E-state index in [1.807, 2.05) is 0 Å². The van der Waals surface area contributed by atoms with Gasteiger partial charge in [0, 0.05) is 14.1 Å². The molecule has 13 heavy (non-hydrogen) atoms. The first-order chi connectivity index (χ1) is 6.11. The minimum absolute atomic E-state index is 0.00410. The predicted octanol–water partition coefficient (Wildman–Crippen LogP) is -2.06. The van der Waals surface area contributed by atoms with Crippen molar-refractivity contribution < 1.29 is 14.4 Å². The van der Waals surface area contributed by atoms with Crippen molar-refractivity contribution in [2.45, 2.75) is 0 Å². The van der Waals surface area contributed by atoms with Crippen molar-refractivity contribution in [3.8, 4) is 0 Å². The van der Waals surface area contributed by atoms with E-state index in [0.29, 0.717) is 6.41 Å². The fourth-order valence-corrected chi connectivity index (χ4v) is 0.647. The third-order valence-electron chi connectivity index (χ3n) is 1.42. The number of nitrogens with zero attached hydrogens (tertiary/aromatic N) is 1. The standard InChI is InChI=1S/C7H13N3O3/c1-8-6(12)4-10(2)7(13)3-9-5-11/h5H,3-4H2,1-2H3,(H,8,12)(H,9,11). The Labute approximate surface area is 76.3 Å². The van der Waals surface area contributed by atoms with Crippen molar-refractivity contribution in [3.63, 3.8) is 0 Å². The first-order valence-electron chi connectivity index (χ1n) is 3.73. The van der Waals surface area contributed by atoms with E-state index in [4.69, 9.17) is 0 Å². The molecule has 0 atom stereocenters. The lowest BCUT2D eigenvalue weighted by Gasteiger charge is -2.15. The number of carbonyl (C=O) groups excluding carboxylic acids is 3. The van der Waals surface area contributed by atoms with E-state index in [1.54, 1.807) is 0 Å². The van der Waals surface area contributed by atoms with E-state index in [2.05, 4.69) is 10.6 Å².